The van der Waals surface area contributed by atoms with Gasteiger partial charge in [0, 0.05) is 24.6 Å². The van der Waals surface area contributed by atoms with Gasteiger partial charge in [-0.15, -0.1) is 0 Å². The van der Waals surface area contributed by atoms with Crippen molar-refractivity contribution >= 4 is 11.6 Å². The molecule has 1 aliphatic heterocycles. The van der Waals surface area contributed by atoms with Gasteiger partial charge in [0.25, 0.3) is 5.69 Å². The first-order valence-electron chi connectivity index (χ1n) is 6.68. The number of carbonyl (C=O) groups is 1. The summed E-state index contributed by atoms with van der Waals surface area (Å²) >= 11 is 0. The largest absolute Gasteiger partial charge is 0.356 e. The van der Waals surface area contributed by atoms with E-state index in [0.717, 1.165) is 44.2 Å². The van der Waals surface area contributed by atoms with Crippen LogP contribution in [0.5, 0.6) is 0 Å². The molecule has 5 heteroatoms. The molecule has 0 spiro atoms. The third kappa shape index (κ3) is 3.77. The molecule has 19 heavy (non-hydrogen) atoms. The SMILES string of the molecule is O=C1NCCCCC1CCc1ccc([N+](=O)[O-])cc1. The minimum Gasteiger partial charge on any atom is -0.356 e. The number of non-ortho nitro benzene ring substituents is 1. The number of hydrogen-bond acceptors (Lipinski definition) is 3. The summed E-state index contributed by atoms with van der Waals surface area (Å²) < 4.78 is 0. The predicted octanol–water partition coefficient (Wildman–Crippen LogP) is 2.44. The van der Waals surface area contributed by atoms with Crippen LogP contribution in [0.15, 0.2) is 24.3 Å². The maximum Gasteiger partial charge on any atom is 0.269 e. The average molecular weight is 262 g/mol. The minimum absolute atomic E-state index is 0.0812. The van der Waals surface area contributed by atoms with Gasteiger partial charge in [0.2, 0.25) is 5.91 Å². The lowest BCUT2D eigenvalue weighted by Crippen LogP contribution is -2.29. The lowest BCUT2D eigenvalue weighted by molar-refractivity contribution is -0.384. The van der Waals surface area contributed by atoms with Crippen LogP contribution in [-0.4, -0.2) is 17.4 Å². The number of nitrogens with one attached hydrogen (secondary N) is 1. The van der Waals surface area contributed by atoms with E-state index in [-0.39, 0.29) is 17.5 Å². The first kappa shape index (κ1) is 13.5. The van der Waals surface area contributed by atoms with E-state index in [0.29, 0.717) is 0 Å². The van der Waals surface area contributed by atoms with E-state index in [4.69, 9.17) is 0 Å². The van der Waals surface area contributed by atoms with Crippen molar-refractivity contribution in [2.24, 2.45) is 5.92 Å². The maximum absolute atomic E-state index is 11.8. The fourth-order valence-corrected chi connectivity index (χ4v) is 2.40. The van der Waals surface area contributed by atoms with E-state index >= 15 is 0 Å². The van der Waals surface area contributed by atoms with Crippen LogP contribution in [0.3, 0.4) is 0 Å². The summed E-state index contributed by atoms with van der Waals surface area (Å²) in [4.78, 5) is 21.9. The molecule has 0 aliphatic carbocycles. The Labute approximate surface area is 112 Å². The molecule has 0 saturated carbocycles. The Balaban J connectivity index is 1.90. The second-order valence-electron chi connectivity index (χ2n) is 4.95. The number of aryl methyl sites for hydroxylation is 1. The number of carbonyl (C=O) groups excluding carboxylic acids is 1. The Bertz CT molecular complexity index is 456. The van der Waals surface area contributed by atoms with Crippen molar-refractivity contribution in [1.82, 2.24) is 5.32 Å². The molecule has 1 atom stereocenters. The highest BCUT2D eigenvalue weighted by Crippen LogP contribution is 2.20. The molecule has 5 nitrogen and oxygen atoms in total. The molecule has 1 aromatic rings. The Kier molecular flexibility index (Phi) is 4.49. The van der Waals surface area contributed by atoms with Gasteiger partial charge in [0.1, 0.15) is 0 Å². The number of benzene rings is 1. The van der Waals surface area contributed by atoms with Crippen LogP contribution < -0.4 is 5.32 Å². The summed E-state index contributed by atoms with van der Waals surface area (Å²) in [5.74, 6) is 0.233. The molecule has 2 rings (SSSR count). The third-order valence-corrected chi connectivity index (χ3v) is 3.58. The molecule has 0 aromatic heterocycles. The van der Waals surface area contributed by atoms with Gasteiger partial charge in [-0.2, -0.15) is 0 Å². The zero-order valence-electron chi connectivity index (χ0n) is 10.8. The fraction of sp³-hybridized carbons (Fsp3) is 0.500. The van der Waals surface area contributed by atoms with Gasteiger partial charge in [0.05, 0.1) is 4.92 Å². The molecule has 1 unspecified atom stereocenters. The molecule has 1 fully saturated rings. The number of rotatable bonds is 4. The molecule has 1 heterocycles. The van der Waals surface area contributed by atoms with Crippen molar-refractivity contribution in [3.8, 4) is 0 Å². The number of nitro groups is 1. The summed E-state index contributed by atoms with van der Waals surface area (Å²) in [5, 5.41) is 13.5. The van der Waals surface area contributed by atoms with E-state index in [2.05, 4.69) is 5.32 Å². The highest BCUT2D eigenvalue weighted by molar-refractivity contribution is 5.78. The Morgan fingerprint density at radius 1 is 1.26 bits per heavy atom. The molecule has 102 valence electrons. The third-order valence-electron chi connectivity index (χ3n) is 3.58. The monoisotopic (exact) mass is 262 g/mol. The molecule has 0 bridgehead atoms. The van der Waals surface area contributed by atoms with Gasteiger partial charge in [-0.1, -0.05) is 18.6 Å². The Hall–Kier alpha value is -1.91. The molecule has 0 radical (unpaired) electrons. The first-order chi connectivity index (χ1) is 9.16. The summed E-state index contributed by atoms with van der Waals surface area (Å²) in [7, 11) is 0. The van der Waals surface area contributed by atoms with Gasteiger partial charge < -0.3 is 5.32 Å². The number of nitro benzene ring substituents is 1. The molecule has 1 aromatic carbocycles. The van der Waals surface area contributed by atoms with Crippen molar-refractivity contribution < 1.29 is 9.72 Å². The van der Waals surface area contributed by atoms with Crippen LogP contribution in [0.25, 0.3) is 0 Å². The van der Waals surface area contributed by atoms with Crippen LogP contribution in [0, 0.1) is 16.0 Å². The zero-order valence-corrected chi connectivity index (χ0v) is 10.8. The molecule has 1 N–H and O–H groups in total. The van der Waals surface area contributed by atoms with E-state index in [1.54, 1.807) is 12.1 Å². The Morgan fingerprint density at radius 2 is 2.00 bits per heavy atom. The highest BCUT2D eigenvalue weighted by atomic mass is 16.6. The van der Waals surface area contributed by atoms with E-state index in [1.807, 2.05) is 0 Å². The molecule has 1 saturated heterocycles. The second kappa shape index (κ2) is 6.31. The van der Waals surface area contributed by atoms with Gasteiger partial charge in [-0.25, -0.2) is 0 Å². The van der Waals surface area contributed by atoms with Crippen molar-refractivity contribution in [3.63, 3.8) is 0 Å². The van der Waals surface area contributed by atoms with Crippen LogP contribution >= 0.6 is 0 Å². The van der Waals surface area contributed by atoms with E-state index < -0.39 is 4.92 Å². The normalized spacial score (nSPS) is 19.6. The molecular weight excluding hydrogens is 244 g/mol. The van der Waals surface area contributed by atoms with Crippen LogP contribution in [-0.2, 0) is 11.2 Å². The smallest absolute Gasteiger partial charge is 0.269 e. The van der Waals surface area contributed by atoms with E-state index in [9.17, 15) is 14.9 Å². The zero-order chi connectivity index (χ0) is 13.7. The standard InChI is InChI=1S/C14H18N2O3/c17-14-12(3-1-2-10-15-14)7-4-11-5-8-13(9-6-11)16(18)19/h5-6,8-9,12H,1-4,7,10H2,(H,15,17). The lowest BCUT2D eigenvalue weighted by atomic mass is 9.94. The van der Waals surface area contributed by atoms with Gasteiger partial charge in [0.15, 0.2) is 0 Å². The predicted molar refractivity (Wildman–Crippen MR) is 71.8 cm³/mol. The maximum atomic E-state index is 11.8. The number of hydrogen-bond donors (Lipinski definition) is 1. The summed E-state index contributed by atoms with van der Waals surface area (Å²) in [6, 6.07) is 6.57. The van der Waals surface area contributed by atoms with E-state index in [1.165, 1.54) is 12.1 Å². The first-order valence-corrected chi connectivity index (χ1v) is 6.68. The fourth-order valence-electron chi connectivity index (χ4n) is 2.40. The van der Waals surface area contributed by atoms with Crippen LogP contribution in [0.1, 0.15) is 31.2 Å². The number of amides is 1. The Morgan fingerprint density at radius 3 is 2.68 bits per heavy atom. The average Bonchev–Trinajstić information content (AvgIpc) is 2.61. The van der Waals surface area contributed by atoms with Gasteiger partial charge >= 0.3 is 0 Å². The van der Waals surface area contributed by atoms with Crippen LogP contribution in [0.4, 0.5) is 5.69 Å². The van der Waals surface area contributed by atoms with Crippen molar-refractivity contribution in [2.75, 3.05) is 6.54 Å². The number of nitrogens with zero attached hydrogens (tertiary/aromatic N) is 1. The summed E-state index contributed by atoms with van der Waals surface area (Å²) in [6.07, 6.45) is 4.68. The van der Waals surface area contributed by atoms with Gasteiger partial charge in [-0.05, 0) is 31.2 Å². The molecule has 1 aliphatic rings. The quantitative estimate of drug-likeness (QED) is 0.669. The molecule has 1 amide bonds. The second-order valence-corrected chi connectivity index (χ2v) is 4.95. The summed E-state index contributed by atoms with van der Waals surface area (Å²) in [6.45, 7) is 0.785. The van der Waals surface area contributed by atoms with Crippen molar-refractivity contribution in [2.45, 2.75) is 32.1 Å². The summed E-state index contributed by atoms with van der Waals surface area (Å²) in [5.41, 5.74) is 1.15. The van der Waals surface area contributed by atoms with Crippen LogP contribution in [0.2, 0.25) is 0 Å². The minimum atomic E-state index is -0.400. The van der Waals surface area contributed by atoms with Crippen molar-refractivity contribution in [1.29, 1.82) is 0 Å². The molecular formula is C14H18N2O3. The van der Waals surface area contributed by atoms with Crippen molar-refractivity contribution in [3.05, 3.63) is 39.9 Å². The highest BCUT2D eigenvalue weighted by Gasteiger charge is 2.20. The lowest BCUT2D eigenvalue weighted by Gasteiger charge is -2.12. The topological polar surface area (TPSA) is 72.2 Å². The van der Waals surface area contributed by atoms with Gasteiger partial charge in [-0.3, -0.25) is 14.9 Å².